The Balaban J connectivity index is 3.14. The smallest absolute Gasteiger partial charge is 0.191 e. The second-order valence-electron chi connectivity index (χ2n) is 1.04. The van der Waals surface area contributed by atoms with Gasteiger partial charge in [-0.2, -0.15) is 0 Å². The van der Waals surface area contributed by atoms with Gasteiger partial charge in [-0.05, 0) is 0 Å². The van der Waals surface area contributed by atoms with E-state index in [0.29, 0.717) is 6.42 Å². The van der Waals surface area contributed by atoms with Gasteiger partial charge in [0.1, 0.15) is 0 Å². The molecule has 0 aromatic carbocycles. The molecule has 0 aromatic rings. The maximum absolute atomic E-state index is 9.98. The van der Waals surface area contributed by atoms with Crippen LogP contribution in [0.15, 0.2) is 4.99 Å². The molecule has 0 aliphatic rings. The van der Waals surface area contributed by atoms with Crippen molar-refractivity contribution in [3.63, 3.8) is 0 Å². The maximum atomic E-state index is 9.98. The lowest BCUT2D eigenvalue weighted by Gasteiger charge is -1.76. The minimum absolute atomic E-state index is 0.148. The van der Waals surface area contributed by atoms with Gasteiger partial charge in [0.25, 0.3) is 0 Å². The van der Waals surface area contributed by atoms with E-state index in [4.69, 9.17) is 0 Å². The Kier molecular flexibility index (Phi) is 3.69. The first-order valence-corrected chi connectivity index (χ1v) is 2.34. The highest BCUT2D eigenvalue weighted by Gasteiger charge is 1.84. The van der Waals surface area contributed by atoms with Crippen LogP contribution in [0, 0.1) is 0 Å². The Hall–Kier alpha value is -0.310. The number of carbonyl (C=O) groups excluding carboxylic acids is 1. The fraction of sp³-hybridized carbons (Fsp3) is 0.500. The van der Waals surface area contributed by atoms with Crippen molar-refractivity contribution in [3.8, 4) is 0 Å². The molecule has 0 heterocycles. The van der Waals surface area contributed by atoms with E-state index in [0.717, 1.165) is 0 Å². The van der Waals surface area contributed by atoms with Crippen LogP contribution in [0.2, 0.25) is 0 Å². The third kappa shape index (κ3) is 5.69. The van der Waals surface area contributed by atoms with Crippen LogP contribution in [0.1, 0.15) is 6.42 Å². The van der Waals surface area contributed by atoms with Gasteiger partial charge in [0.05, 0.1) is 6.42 Å². The second-order valence-corrected chi connectivity index (χ2v) is 1.54. The highest BCUT2D eigenvalue weighted by Crippen LogP contribution is 1.80. The number of rotatable bonds is 2. The molecule has 3 heteroatoms. The Morgan fingerprint density at radius 1 is 2.00 bits per heavy atom. The van der Waals surface area contributed by atoms with E-state index in [1.165, 1.54) is 6.21 Å². The summed E-state index contributed by atoms with van der Waals surface area (Å²) in [7, 11) is 1.62. The molecule has 0 fully saturated rings. The highest BCUT2D eigenvalue weighted by atomic mass is 32.1. The van der Waals surface area contributed by atoms with Crippen molar-refractivity contribution in [2.24, 2.45) is 4.99 Å². The van der Waals surface area contributed by atoms with Crippen LogP contribution in [0.5, 0.6) is 0 Å². The summed E-state index contributed by atoms with van der Waals surface area (Å²) in [5, 5.41) is -0.148. The average Bonchev–Trinajstić information content (AvgIpc) is 1.61. The predicted molar refractivity (Wildman–Crippen MR) is 33.0 cm³/mol. The molecule has 0 amide bonds. The summed E-state index contributed by atoms with van der Waals surface area (Å²) in [5.74, 6) is 0. The highest BCUT2D eigenvalue weighted by molar-refractivity contribution is 7.96. The van der Waals surface area contributed by atoms with Gasteiger partial charge in [-0.25, -0.2) is 0 Å². The van der Waals surface area contributed by atoms with Crippen molar-refractivity contribution in [1.82, 2.24) is 0 Å². The monoisotopic (exact) mass is 117 g/mol. The minimum Gasteiger partial charge on any atom is -0.300 e. The summed E-state index contributed by atoms with van der Waals surface area (Å²) in [4.78, 5) is 13.6. The molecule has 7 heavy (non-hydrogen) atoms. The van der Waals surface area contributed by atoms with E-state index in [9.17, 15) is 4.79 Å². The van der Waals surface area contributed by atoms with Gasteiger partial charge in [0.2, 0.25) is 0 Å². The maximum Gasteiger partial charge on any atom is 0.191 e. The Labute approximate surface area is 48.0 Å². The third-order valence-electron chi connectivity index (χ3n) is 0.448. The number of hydrogen-bond donors (Lipinski definition) is 1. The molecule has 0 saturated heterocycles. The molecule has 0 rings (SSSR count). The van der Waals surface area contributed by atoms with Crippen LogP contribution in [-0.4, -0.2) is 18.4 Å². The van der Waals surface area contributed by atoms with E-state index < -0.39 is 0 Å². The fourth-order valence-corrected chi connectivity index (χ4v) is 0.251. The second kappa shape index (κ2) is 3.87. The van der Waals surface area contributed by atoms with Crippen LogP contribution in [0.3, 0.4) is 0 Å². The summed E-state index contributed by atoms with van der Waals surface area (Å²) in [6.07, 6.45) is 1.86. The van der Waals surface area contributed by atoms with Gasteiger partial charge in [-0.1, -0.05) is 0 Å². The molecular formula is C4H7NOS. The summed E-state index contributed by atoms with van der Waals surface area (Å²) in [6, 6.07) is 0. The van der Waals surface area contributed by atoms with E-state index in [-0.39, 0.29) is 5.12 Å². The SMILES string of the molecule is C/N=C\CC(=O)S. The zero-order chi connectivity index (χ0) is 5.70. The van der Waals surface area contributed by atoms with Gasteiger partial charge in [0, 0.05) is 13.3 Å². The van der Waals surface area contributed by atoms with E-state index in [1.54, 1.807) is 7.05 Å². The standard InChI is InChI=1S/C4H7NOS/c1-5-3-2-4(6)7/h3H,2H2,1H3,(H,6,7)/b5-3-. The number of nitrogens with zero attached hydrogens (tertiary/aromatic N) is 1. The number of aliphatic imine (C=N–C) groups is 1. The van der Waals surface area contributed by atoms with Gasteiger partial charge < -0.3 is 4.99 Å². The zero-order valence-electron chi connectivity index (χ0n) is 4.09. The minimum atomic E-state index is -0.148. The van der Waals surface area contributed by atoms with E-state index in [1.807, 2.05) is 0 Å². The first-order valence-electron chi connectivity index (χ1n) is 1.89. The van der Waals surface area contributed by atoms with Crippen molar-refractivity contribution in [3.05, 3.63) is 0 Å². The molecule has 0 spiro atoms. The average molecular weight is 117 g/mol. The molecule has 0 bridgehead atoms. The van der Waals surface area contributed by atoms with Crippen molar-refractivity contribution in [2.45, 2.75) is 6.42 Å². The summed E-state index contributed by atoms with van der Waals surface area (Å²) >= 11 is 3.50. The molecule has 0 aliphatic carbocycles. The Morgan fingerprint density at radius 3 is 2.71 bits per heavy atom. The lowest BCUT2D eigenvalue weighted by molar-refractivity contribution is -0.109. The molecule has 0 saturated carbocycles. The normalized spacial score (nSPS) is 10.0. The van der Waals surface area contributed by atoms with Crippen LogP contribution in [0.4, 0.5) is 0 Å². The van der Waals surface area contributed by atoms with Gasteiger partial charge in [0.15, 0.2) is 5.12 Å². The Morgan fingerprint density at radius 2 is 2.57 bits per heavy atom. The lowest BCUT2D eigenvalue weighted by atomic mass is 10.5. The van der Waals surface area contributed by atoms with E-state index in [2.05, 4.69) is 17.6 Å². The van der Waals surface area contributed by atoms with Gasteiger partial charge in [-0.3, -0.25) is 4.79 Å². The topological polar surface area (TPSA) is 29.4 Å². The molecule has 40 valence electrons. The first kappa shape index (κ1) is 6.69. The molecular weight excluding hydrogens is 110 g/mol. The van der Waals surface area contributed by atoms with Crippen molar-refractivity contribution >= 4 is 24.0 Å². The van der Waals surface area contributed by atoms with Crippen molar-refractivity contribution < 1.29 is 4.79 Å². The molecule has 0 radical (unpaired) electrons. The Bertz CT molecular complexity index is 89.7. The quantitative estimate of drug-likeness (QED) is 0.415. The molecule has 0 aromatic heterocycles. The van der Waals surface area contributed by atoms with Crippen LogP contribution < -0.4 is 0 Å². The van der Waals surface area contributed by atoms with Crippen LogP contribution in [0.25, 0.3) is 0 Å². The third-order valence-corrected chi connectivity index (χ3v) is 0.631. The van der Waals surface area contributed by atoms with Crippen LogP contribution in [-0.2, 0) is 4.79 Å². The molecule has 0 unspecified atom stereocenters. The molecule has 0 aliphatic heterocycles. The van der Waals surface area contributed by atoms with Crippen LogP contribution >= 0.6 is 12.6 Å². The van der Waals surface area contributed by atoms with E-state index >= 15 is 0 Å². The van der Waals surface area contributed by atoms with Crippen molar-refractivity contribution in [1.29, 1.82) is 0 Å². The molecule has 0 N–H and O–H groups in total. The van der Waals surface area contributed by atoms with Gasteiger partial charge in [-0.15, -0.1) is 12.6 Å². The predicted octanol–water partition coefficient (Wildman–Crippen LogP) is 0.534. The first-order chi connectivity index (χ1) is 3.27. The summed E-state index contributed by atoms with van der Waals surface area (Å²) < 4.78 is 0. The lowest BCUT2D eigenvalue weighted by Crippen LogP contribution is -1.84. The molecule has 0 atom stereocenters. The number of thiol groups is 1. The number of hydrogen-bond acceptors (Lipinski definition) is 2. The fourth-order valence-electron chi connectivity index (χ4n) is 0.169. The zero-order valence-corrected chi connectivity index (χ0v) is 4.98. The number of carbonyl (C=O) groups is 1. The summed E-state index contributed by atoms with van der Waals surface area (Å²) in [6.45, 7) is 0. The summed E-state index contributed by atoms with van der Waals surface area (Å²) in [5.41, 5.74) is 0. The van der Waals surface area contributed by atoms with Crippen molar-refractivity contribution in [2.75, 3.05) is 7.05 Å². The molecule has 2 nitrogen and oxygen atoms in total. The largest absolute Gasteiger partial charge is 0.300 e. The van der Waals surface area contributed by atoms with Gasteiger partial charge >= 0.3 is 0 Å².